The maximum Gasteiger partial charge on any atom is 0.241 e. The van der Waals surface area contributed by atoms with Crippen molar-refractivity contribution in [3.05, 3.63) is 38.8 Å². The Morgan fingerprint density at radius 1 is 1.57 bits per heavy atom. The zero-order valence-corrected chi connectivity index (χ0v) is 13.8. The Balaban J connectivity index is 1.95. The highest BCUT2D eigenvalue weighted by Crippen LogP contribution is 2.24. The van der Waals surface area contributed by atoms with Crippen LogP contribution in [-0.4, -0.2) is 27.3 Å². The molecule has 0 saturated carbocycles. The van der Waals surface area contributed by atoms with Gasteiger partial charge < -0.3 is 10.4 Å². The van der Waals surface area contributed by atoms with Crippen LogP contribution in [0.15, 0.2) is 17.5 Å². The zero-order chi connectivity index (χ0) is 15.6. The molecule has 0 aromatic carbocycles. The minimum atomic E-state index is -1.07. The van der Waals surface area contributed by atoms with Crippen molar-refractivity contribution in [1.82, 2.24) is 15.1 Å². The van der Waals surface area contributed by atoms with E-state index in [-0.39, 0.29) is 19.0 Å². The molecule has 2 heterocycles. The van der Waals surface area contributed by atoms with E-state index in [2.05, 4.69) is 10.4 Å². The first kappa shape index (κ1) is 16.0. The summed E-state index contributed by atoms with van der Waals surface area (Å²) in [5.74, 6) is -0.214. The summed E-state index contributed by atoms with van der Waals surface area (Å²) in [6.45, 7) is 5.53. The minimum Gasteiger partial charge on any atom is -0.383 e. The van der Waals surface area contributed by atoms with Gasteiger partial charge in [0, 0.05) is 4.88 Å². The van der Waals surface area contributed by atoms with Crippen molar-refractivity contribution >= 4 is 28.8 Å². The molecule has 0 aliphatic carbocycles. The van der Waals surface area contributed by atoms with Crippen LogP contribution < -0.4 is 5.32 Å². The second-order valence-electron chi connectivity index (χ2n) is 5.17. The third kappa shape index (κ3) is 3.64. The van der Waals surface area contributed by atoms with Crippen molar-refractivity contribution in [3.63, 3.8) is 0 Å². The molecular formula is C14H18ClN3O2S. The van der Waals surface area contributed by atoms with E-state index in [0.717, 1.165) is 10.6 Å². The molecule has 7 heteroatoms. The summed E-state index contributed by atoms with van der Waals surface area (Å²) in [6.07, 6.45) is 0. The highest BCUT2D eigenvalue weighted by Gasteiger charge is 2.25. The predicted molar refractivity (Wildman–Crippen MR) is 83.6 cm³/mol. The number of aromatic nitrogens is 2. The van der Waals surface area contributed by atoms with Gasteiger partial charge in [0.25, 0.3) is 0 Å². The number of rotatable bonds is 5. The lowest BCUT2D eigenvalue weighted by molar-refractivity contribution is -0.123. The summed E-state index contributed by atoms with van der Waals surface area (Å²) >= 11 is 7.50. The molecule has 2 aromatic heterocycles. The Labute approximate surface area is 132 Å². The van der Waals surface area contributed by atoms with Crippen molar-refractivity contribution in [1.29, 1.82) is 0 Å². The van der Waals surface area contributed by atoms with Crippen LogP contribution in [0.1, 0.15) is 23.2 Å². The summed E-state index contributed by atoms with van der Waals surface area (Å²) in [4.78, 5) is 12.8. The Kier molecular flexibility index (Phi) is 4.70. The molecule has 2 aromatic rings. The second kappa shape index (κ2) is 6.17. The van der Waals surface area contributed by atoms with E-state index >= 15 is 0 Å². The Bertz CT molecular complexity index is 635. The lowest BCUT2D eigenvalue weighted by atomic mass is 10.1. The highest BCUT2D eigenvalue weighted by molar-refractivity contribution is 7.10. The average molecular weight is 328 g/mol. The number of aryl methyl sites for hydroxylation is 1. The maximum atomic E-state index is 12.0. The van der Waals surface area contributed by atoms with E-state index in [0.29, 0.717) is 10.7 Å². The van der Waals surface area contributed by atoms with Crippen molar-refractivity contribution in [2.24, 2.45) is 0 Å². The van der Waals surface area contributed by atoms with Crippen molar-refractivity contribution in [2.75, 3.05) is 6.54 Å². The lowest BCUT2D eigenvalue weighted by Gasteiger charge is -2.22. The van der Waals surface area contributed by atoms with Crippen molar-refractivity contribution in [2.45, 2.75) is 32.9 Å². The van der Waals surface area contributed by atoms with Crippen molar-refractivity contribution < 1.29 is 9.90 Å². The van der Waals surface area contributed by atoms with Gasteiger partial charge in [0.05, 0.1) is 23.0 Å². The van der Waals surface area contributed by atoms with Gasteiger partial charge in [-0.2, -0.15) is 5.10 Å². The number of amides is 1. The summed E-state index contributed by atoms with van der Waals surface area (Å²) in [7, 11) is 0. The molecule has 1 unspecified atom stereocenters. The Hall–Kier alpha value is -1.37. The number of hydrogen-bond acceptors (Lipinski definition) is 4. The maximum absolute atomic E-state index is 12.0. The van der Waals surface area contributed by atoms with E-state index in [4.69, 9.17) is 11.6 Å². The monoisotopic (exact) mass is 327 g/mol. The largest absolute Gasteiger partial charge is 0.383 e. The smallest absolute Gasteiger partial charge is 0.241 e. The molecule has 1 amide bonds. The predicted octanol–water partition coefficient (Wildman–Crippen LogP) is 2.24. The molecule has 0 bridgehead atoms. The van der Waals surface area contributed by atoms with Gasteiger partial charge in [0.15, 0.2) is 0 Å². The van der Waals surface area contributed by atoms with Gasteiger partial charge in [-0.3, -0.25) is 9.48 Å². The first-order chi connectivity index (χ1) is 9.81. The number of thiophene rings is 1. The SMILES string of the molecule is Cc1nn(CC(=O)NCC(C)(O)c2cccs2)c(C)c1Cl. The van der Waals surface area contributed by atoms with Gasteiger partial charge in [0.1, 0.15) is 12.1 Å². The number of nitrogens with one attached hydrogen (secondary N) is 1. The van der Waals surface area contributed by atoms with E-state index < -0.39 is 5.60 Å². The number of hydrogen-bond donors (Lipinski definition) is 2. The molecule has 114 valence electrons. The quantitative estimate of drug-likeness (QED) is 0.885. The van der Waals surface area contributed by atoms with E-state index in [1.165, 1.54) is 11.3 Å². The highest BCUT2D eigenvalue weighted by atomic mass is 35.5. The second-order valence-corrected chi connectivity index (χ2v) is 6.50. The first-order valence-electron chi connectivity index (χ1n) is 6.54. The van der Waals surface area contributed by atoms with Crippen LogP contribution >= 0.6 is 22.9 Å². The molecule has 0 spiro atoms. The summed E-state index contributed by atoms with van der Waals surface area (Å²) in [5.41, 5.74) is 0.387. The molecule has 5 nitrogen and oxygen atoms in total. The summed E-state index contributed by atoms with van der Waals surface area (Å²) in [5, 5.41) is 19.8. The third-order valence-corrected chi connectivity index (χ3v) is 4.94. The zero-order valence-electron chi connectivity index (χ0n) is 12.2. The van der Waals surface area contributed by atoms with Gasteiger partial charge in [0.2, 0.25) is 5.91 Å². The summed E-state index contributed by atoms with van der Waals surface area (Å²) < 4.78 is 1.56. The van der Waals surface area contributed by atoms with E-state index in [1.54, 1.807) is 18.5 Å². The van der Waals surface area contributed by atoms with Gasteiger partial charge in [-0.1, -0.05) is 17.7 Å². The lowest BCUT2D eigenvalue weighted by Crippen LogP contribution is -2.39. The fraction of sp³-hybridized carbons (Fsp3) is 0.429. The number of aliphatic hydroxyl groups is 1. The molecule has 0 aliphatic heterocycles. The molecule has 1 atom stereocenters. The summed E-state index contributed by atoms with van der Waals surface area (Å²) in [6, 6.07) is 3.71. The fourth-order valence-corrected chi connectivity index (χ4v) is 2.89. The third-order valence-electron chi connectivity index (χ3n) is 3.27. The standard InChI is InChI=1S/C14H18ClN3O2S/c1-9-13(15)10(2)18(17-9)7-12(19)16-8-14(3,20)11-5-4-6-21-11/h4-6,20H,7-8H2,1-3H3,(H,16,19). The molecular weight excluding hydrogens is 310 g/mol. The molecule has 0 fully saturated rings. The number of carbonyl (C=O) groups excluding carboxylic acids is 1. The van der Waals surface area contributed by atoms with Gasteiger partial charge in [-0.05, 0) is 32.2 Å². The molecule has 2 rings (SSSR count). The van der Waals surface area contributed by atoms with Crippen molar-refractivity contribution in [3.8, 4) is 0 Å². The topological polar surface area (TPSA) is 67.2 Å². The van der Waals surface area contributed by atoms with Crippen LogP contribution in [0.3, 0.4) is 0 Å². The Morgan fingerprint density at radius 2 is 2.29 bits per heavy atom. The normalized spacial score (nSPS) is 14.0. The van der Waals surface area contributed by atoms with Crippen LogP contribution in [0.5, 0.6) is 0 Å². The fourth-order valence-electron chi connectivity index (χ4n) is 1.96. The Morgan fingerprint density at radius 3 is 2.81 bits per heavy atom. The van der Waals surface area contributed by atoms with Crippen LogP contribution in [-0.2, 0) is 16.9 Å². The van der Waals surface area contributed by atoms with Gasteiger partial charge in [-0.15, -0.1) is 11.3 Å². The van der Waals surface area contributed by atoms with E-state index in [9.17, 15) is 9.90 Å². The minimum absolute atomic E-state index is 0.0832. The van der Waals surface area contributed by atoms with Crippen LogP contribution in [0, 0.1) is 13.8 Å². The van der Waals surface area contributed by atoms with Crippen LogP contribution in [0.4, 0.5) is 0 Å². The molecule has 2 N–H and O–H groups in total. The molecule has 0 aliphatic rings. The number of carbonyl (C=O) groups is 1. The number of halogens is 1. The molecule has 0 saturated heterocycles. The van der Waals surface area contributed by atoms with Crippen LogP contribution in [0.2, 0.25) is 5.02 Å². The van der Waals surface area contributed by atoms with E-state index in [1.807, 2.05) is 24.4 Å². The van der Waals surface area contributed by atoms with Gasteiger partial charge in [-0.25, -0.2) is 0 Å². The van der Waals surface area contributed by atoms with Gasteiger partial charge >= 0.3 is 0 Å². The molecule has 0 radical (unpaired) electrons. The number of nitrogens with zero attached hydrogens (tertiary/aromatic N) is 2. The van der Waals surface area contributed by atoms with Crippen LogP contribution in [0.25, 0.3) is 0 Å². The average Bonchev–Trinajstić information content (AvgIpc) is 3.04. The molecule has 21 heavy (non-hydrogen) atoms. The first-order valence-corrected chi connectivity index (χ1v) is 7.79.